The second kappa shape index (κ2) is 8.82. The zero-order valence-corrected chi connectivity index (χ0v) is 23.4. The summed E-state index contributed by atoms with van der Waals surface area (Å²) in [4.78, 5) is 25.9. The van der Waals surface area contributed by atoms with E-state index in [0.717, 1.165) is 18.4 Å². The number of esters is 1. The van der Waals surface area contributed by atoms with Crippen LogP contribution in [0.15, 0.2) is 23.8 Å². The number of fused-ring (bicyclic) bond motifs is 7. The Labute approximate surface area is 218 Å². The lowest BCUT2D eigenvalue weighted by atomic mass is 9.34. The molecular weight excluding hydrogens is 448 g/mol. The first-order valence-corrected chi connectivity index (χ1v) is 14.7. The molecule has 10 unspecified atom stereocenters. The highest BCUT2D eigenvalue weighted by atomic mass is 16.5. The van der Waals surface area contributed by atoms with E-state index in [4.69, 9.17) is 4.74 Å². The predicted octanol–water partition coefficient (Wildman–Crippen LogP) is 6.81. The van der Waals surface area contributed by atoms with Gasteiger partial charge in [-0.05, 0) is 85.0 Å². The van der Waals surface area contributed by atoms with E-state index in [1.165, 1.54) is 38.5 Å². The number of carbonyl (C=O) groups is 2. The summed E-state index contributed by atoms with van der Waals surface area (Å²) in [5.41, 5.74) is 1.36. The Morgan fingerprint density at radius 2 is 1.81 bits per heavy atom. The first-order valence-electron chi connectivity index (χ1n) is 14.7. The van der Waals surface area contributed by atoms with Crippen molar-refractivity contribution in [3.63, 3.8) is 0 Å². The van der Waals surface area contributed by atoms with Crippen LogP contribution < -0.4 is 0 Å². The molecule has 5 aliphatic carbocycles. The predicted molar refractivity (Wildman–Crippen MR) is 142 cm³/mol. The van der Waals surface area contributed by atoms with Gasteiger partial charge in [0.25, 0.3) is 0 Å². The molecule has 200 valence electrons. The molecule has 3 saturated carbocycles. The number of ketones is 1. The highest BCUT2D eigenvalue weighted by molar-refractivity contribution is 6.07. The van der Waals surface area contributed by atoms with Gasteiger partial charge in [-0.25, -0.2) is 0 Å². The maximum absolute atomic E-state index is 13.1. The number of aliphatic hydroxyl groups is 1. The minimum absolute atomic E-state index is 0.00761. The third-order valence-corrected chi connectivity index (χ3v) is 12.6. The van der Waals surface area contributed by atoms with Crippen LogP contribution >= 0.6 is 0 Å². The third-order valence-electron chi connectivity index (χ3n) is 12.6. The van der Waals surface area contributed by atoms with Crippen LogP contribution in [-0.2, 0) is 14.3 Å². The molecule has 0 saturated heterocycles. The van der Waals surface area contributed by atoms with E-state index in [1.807, 2.05) is 6.92 Å². The molecule has 5 aliphatic rings. The summed E-state index contributed by atoms with van der Waals surface area (Å²) in [6, 6.07) is 0. The minimum atomic E-state index is -0.662. The van der Waals surface area contributed by atoms with Gasteiger partial charge in [0.2, 0.25) is 0 Å². The molecule has 4 nitrogen and oxygen atoms in total. The number of aliphatic hydroxyl groups excluding tert-OH is 1. The van der Waals surface area contributed by atoms with Gasteiger partial charge in [0, 0.05) is 16.9 Å². The molecular formula is C32H48O4. The second-order valence-electron chi connectivity index (χ2n) is 14.0. The van der Waals surface area contributed by atoms with Crippen LogP contribution in [-0.4, -0.2) is 29.1 Å². The number of hydrogen-bond acceptors (Lipinski definition) is 4. The smallest absolute Gasteiger partial charge is 0.308 e. The fraction of sp³-hybridized carbons (Fsp3) is 0.812. The Kier molecular flexibility index (Phi) is 6.42. The van der Waals surface area contributed by atoms with Crippen LogP contribution in [0.4, 0.5) is 0 Å². The molecule has 0 aromatic carbocycles. The number of hydrogen-bond donors (Lipinski definition) is 1. The molecule has 10 atom stereocenters. The van der Waals surface area contributed by atoms with Crippen LogP contribution in [0.3, 0.4) is 0 Å². The van der Waals surface area contributed by atoms with Gasteiger partial charge in [-0.1, -0.05) is 66.5 Å². The molecule has 5 rings (SSSR count). The maximum Gasteiger partial charge on any atom is 0.308 e. The molecule has 36 heavy (non-hydrogen) atoms. The summed E-state index contributed by atoms with van der Waals surface area (Å²) in [6.45, 7) is 14.2. The molecule has 0 spiro atoms. The van der Waals surface area contributed by atoms with E-state index in [0.29, 0.717) is 29.6 Å². The van der Waals surface area contributed by atoms with Crippen molar-refractivity contribution in [2.45, 2.75) is 118 Å². The van der Waals surface area contributed by atoms with Gasteiger partial charge in [-0.3, -0.25) is 9.59 Å². The van der Waals surface area contributed by atoms with E-state index >= 15 is 0 Å². The van der Waals surface area contributed by atoms with Crippen molar-refractivity contribution in [2.75, 3.05) is 0 Å². The van der Waals surface area contributed by atoms with Crippen molar-refractivity contribution < 1.29 is 19.4 Å². The van der Waals surface area contributed by atoms with Gasteiger partial charge < -0.3 is 9.84 Å². The van der Waals surface area contributed by atoms with E-state index in [2.05, 4.69) is 46.8 Å². The molecule has 1 N–H and O–H groups in total. The first-order chi connectivity index (χ1) is 16.9. The standard InChI is InChI=1S/C32H48O4/c1-7-20(33)18-28(35)36-27-19-26-30(4)16-9-15-29(3,8-2)24(30)14-17-31(26,5)25-13-10-21-22(32(25,27)6)11-12-23(21)34/h10-12,20,22,24-27,33H,7-9,13-19H2,1-6H3. The number of carbonyl (C=O) groups excluding carboxylic acids is 2. The molecule has 4 heteroatoms. The first kappa shape index (κ1) is 26.2. The second-order valence-corrected chi connectivity index (χ2v) is 14.0. The molecule has 0 aromatic heterocycles. The average molecular weight is 497 g/mol. The molecule has 0 aliphatic heterocycles. The summed E-state index contributed by atoms with van der Waals surface area (Å²) < 4.78 is 6.41. The summed E-state index contributed by atoms with van der Waals surface area (Å²) in [6.07, 6.45) is 15.1. The van der Waals surface area contributed by atoms with Crippen LogP contribution in [0.5, 0.6) is 0 Å². The van der Waals surface area contributed by atoms with Gasteiger partial charge in [-0.2, -0.15) is 0 Å². The van der Waals surface area contributed by atoms with Crippen LogP contribution in [0.25, 0.3) is 0 Å². The van der Waals surface area contributed by atoms with Gasteiger partial charge in [0.15, 0.2) is 5.78 Å². The lowest BCUT2D eigenvalue weighted by Gasteiger charge is -2.70. The Bertz CT molecular complexity index is 981. The lowest BCUT2D eigenvalue weighted by Crippen LogP contribution is -2.66. The summed E-state index contributed by atoms with van der Waals surface area (Å²) in [7, 11) is 0. The minimum Gasteiger partial charge on any atom is -0.462 e. The van der Waals surface area contributed by atoms with E-state index < -0.39 is 6.10 Å². The van der Waals surface area contributed by atoms with Crippen molar-refractivity contribution in [2.24, 2.45) is 45.3 Å². The topological polar surface area (TPSA) is 63.6 Å². The Morgan fingerprint density at radius 1 is 1.08 bits per heavy atom. The van der Waals surface area contributed by atoms with Gasteiger partial charge in [0.05, 0.1) is 12.5 Å². The number of allylic oxidation sites excluding steroid dienone is 4. The zero-order valence-electron chi connectivity index (χ0n) is 23.4. The summed E-state index contributed by atoms with van der Waals surface area (Å²) in [5, 5.41) is 10.2. The van der Waals surface area contributed by atoms with Crippen molar-refractivity contribution in [3.8, 4) is 0 Å². The molecule has 0 bridgehead atoms. The molecule has 3 fully saturated rings. The average Bonchev–Trinajstić information content (AvgIpc) is 3.22. The van der Waals surface area contributed by atoms with Crippen LogP contribution in [0, 0.1) is 45.3 Å². The largest absolute Gasteiger partial charge is 0.462 e. The Hall–Kier alpha value is -1.42. The summed E-state index contributed by atoms with van der Waals surface area (Å²) in [5.74, 6) is 1.38. The molecule has 0 radical (unpaired) electrons. The van der Waals surface area contributed by atoms with E-state index in [1.54, 1.807) is 6.08 Å². The van der Waals surface area contributed by atoms with Gasteiger partial charge in [-0.15, -0.1) is 0 Å². The van der Waals surface area contributed by atoms with Crippen molar-refractivity contribution >= 4 is 11.8 Å². The van der Waals surface area contributed by atoms with Crippen molar-refractivity contribution in [3.05, 3.63) is 23.8 Å². The quantitative estimate of drug-likeness (QED) is 0.425. The van der Waals surface area contributed by atoms with Gasteiger partial charge >= 0.3 is 5.97 Å². The molecule has 0 amide bonds. The lowest BCUT2D eigenvalue weighted by molar-refractivity contribution is -0.239. The normalized spacial score (nSPS) is 48.2. The maximum atomic E-state index is 13.1. The fourth-order valence-corrected chi connectivity index (χ4v) is 10.5. The Morgan fingerprint density at radius 3 is 2.50 bits per heavy atom. The van der Waals surface area contributed by atoms with Crippen LogP contribution in [0.2, 0.25) is 0 Å². The van der Waals surface area contributed by atoms with Crippen molar-refractivity contribution in [1.29, 1.82) is 0 Å². The van der Waals surface area contributed by atoms with Crippen molar-refractivity contribution in [1.82, 2.24) is 0 Å². The SMILES string of the molecule is CCC(O)CC(=O)OC1CC2C3(C)CCCC(C)(CC)C3CCC2(C)C2CC=C3C(=O)C=CC3C12C. The Balaban J connectivity index is 1.58. The monoisotopic (exact) mass is 496 g/mol. The molecule has 0 aromatic rings. The highest BCUT2D eigenvalue weighted by Crippen LogP contribution is 2.74. The summed E-state index contributed by atoms with van der Waals surface area (Å²) >= 11 is 0. The highest BCUT2D eigenvalue weighted by Gasteiger charge is 2.69. The molecule has 0 heterocycles. The number of rotatable bonds is 5. The third kappa shape index (κ3) is 3.56. The van der Waals surface area contributed by atoms with Gasteiger partial charge in [0.1, 0.15) is 6.10 Å². The zero-order chi connectivity index (χ0) is 26.1. The van der Waals surface area contributed by atoms with Crippen LogP contribution in [0.1, 0.15) is 106 Å². The number of ether oxygens (including phenoxy) is 1. The van der Waals surface area contributed by atoms with E-state index in [-0.39, 0.29) is 46.4 Å². The fourth-order valence-electron chi connectivity index (χ4n) is 10.5. The van der Waals surface area contributed by atoms with E-state index in [9.17, 15) is 14.7 Å².